The Balaban J connectivity index is 1.16. The molecule has 3 heterocycles. The lowest BCUT2D eigenvalue weighted by molar-refractivity contribution is 0.00650. The highest BCUT2D eigenvalue weighted by Gasteiger charge is 2.44. The van der Waals surface area contributed by atoms with Gasteiger partial charge in [0, 0.05) is 35.7 Å². The van der Waals surface area contributed by atoms with E-state index in [1.165, 1.54) is 28.5 Å². The molecular weight excluding hydrogens is 450 g/mol. The summed E-state index contributed by atoms with van der Waals surface area (Å²) in [6.45, 7) is 0.308. The van der Waals surface area contributed by atoms with Gasteiger partial charge in [-0.2, -0.15) is 5.26 Å². The molecule has 0 radical (unpaired) electrons. The summed E-state index contributed by atoms with van der Waals surface area (Å²) in [5, 5.41) is 8.97. The SMILES string of the molecule is N#Cc1ccc(C(=O)C2CC3CCCC(C2)N3C(=O)OCC2c3ccccc3-c3ccccc32)cn1. The minimum Gasteiger partial charge on any atom is -0.448 e. The first-order valence-electron chi connectivity index (χ1n) is 12.7. The highest BCUT2D eigenvalue weighted by Crippen LogP contribution is 2.45. The molecule has 3 aromatic rings. The summed E-state index contributed by atoms with van der Waals surface area (Å²) in [6, 6.07) is 21.9. The van der Waals surface area contributed by atoms with Gasteiger partial charge in [-0.15, -0.1) is 0 Å². The third kappa shape index (κ3) is 3.85. The van der Waals surface area contributed by atoms with Gasteiger partial charge in [-0.25, -0.2) is 9.78 Å². The van der Waals surface area contributed by atoms with Crippen LogP contribution in [0.15, 0.2) is 66.9 Å². The van der Waals surface area contributed by atoms with Crippen LogP contribution in [-0.2, 0) is 4.74 Å². The number of rotatable bonds is 4. The Hall–Kier alpha value is -3.98. The van der Waals surface area contributed by atoms with Crippen molar-refractivity contribution in [3.63, 3.8) is 0 Å². The van der Waals surface area contributed by atoms with Gasteiger partial charge < -0.3 is 9.64 Å². The van der Waals surface area contributed by atoms with Crippen molar-refractivity contribution in [1.82, 2.24) is 9.88 Å². The number of carbonyl (C=O) groups is 2. The van der Waals surface area contributed by atoms with E-state index in [1.54, 1.807) is 12.1 Å². The number of ketones is 1. The molecule has 2 aromatic carbocycles. The molecule has 2 fully saturated rings. The molecule has 180 valence electrons. The number of Topliss-reactive ketones (excluding diaryl/α,β-unsaturated/α-hetero) is 1. The monoisotopic (exact) mass is 477 g/mol. The van der Waals surface area contributed by atoms with Gasteiger partial charge in [0.25, 0.3) is 0 Å². The summed E-state index contributed by atoms with van der Waals surface area (Å²) in [5.74, 6) is -0.0621. The van der Waals surface area contributed by atoms with E-state index < -0.39 is 0 Å². The average Bonchev–Trinajstić information content (AvgIpc) is 3.24. The van der Waals surface area contributed by atoms with Crippen LogP contribution in [0.3, 0.4) is 0 Å². The molecule has 6 heteroatoms. The molecule has 2 aliphatic heterocycles. The summed E-state index contributed by atoms with van der Waals surface area (Å²) in [4.78, 5) is 32.5. The van der Waals surface area contributed by atoms with E-state index in [0.717, 1.165) is 19.3 Å². The predicted octanol–water partition coefficient (Wildman–Crippen LogP) is 5.72. The standard InChI is InChI=1S/C30H27N3O3/c31-16-21-13-12-19(17-32-21)29(34)20-14-22-6-5-7-23(15-20)33(22)30(35)36-18-28-26-10-3-1-8-24(26)25-9-2-4-11-27(25)28/h1-4,8-13,17,20,22-23,28H,5-7,14-15,18H2. The maximum absolute atomic E-state index is 13.4. The van der Waals surface area contributed by atoms with E-state index in [-0.39, 0.29) is 35.8 Å². The Morgan fingerprint density at radius 3 is 2.17 bits per heavy atom. The van der Waals surface area contributed by atoms with Crippen molar-refractivity contribution in [3.8, 4) is 17.2 Å². The first-order chi connectivity index (χ1) is 17.6. The number of amides is 1. The lowest BCUT2D eigenvalue weighted by Crippen LogP contribution is -2.55. The highest BCUT2D eigenvalue weighted by atomic mass is 16.6. The first-order valence-corrected chi connectivity index (χ1v) is 12.7. The smallest absolute Gasteiger partial charge is 0.410 e. The Bertz CT molecular complexity index is 1300. The minimum absolute atomic E-state index is 0.00782. The van der Waals surface area contributed by atoms with Gasteiger partial charge in [0.05, 0.1) is 0 Å². The second-order valence-corrected chi connectivity index (χ2v) is 10.0. The van der Waals surface area contributed by atoms with Crippen LogP contribution in [0.1, 0.15) is 65.2 Å². The molecule has 36 heavy (non-hydrogen) atoms. The van der Waals surface area contributed by atoms with Gasteiger partial charge in [0.2, 0.25) is 0 Å². The molecule has 0 saturated carbocycles. The maximum atomic E-state index is 13.4. The number of hydrogen-bond acceptors (Lipinski definition) is 5. The van der Waals surface area contributed by atoms with Crippen molar-refractivity contribution in [2.75, 3.05) is 6.61 Å². The Morgan fingerprint density at radius 1 is 0.944 bits per heavy atom. The van der Waals surface area contributed by atoms with Crippen LogP contribution in [0.2, 0.25) is 0 Å². The van der Waals surface area contributed by atoms with Crippen LogP contribution < -0.4 is 0 Å². The summed E-state index contributed by atoms with van der Waals surface area (Å²) >= 11 is 0. The number of aromatic nitrogens is 1. The Morgan fingerprint density at radius 2 is 1.58 bits per heavy atom. The fraction of sp³-hybridized carbons (Fsp3) is 0.333. The summed E-state index contributed by atoms with van der Waals surface area (Å²) < 4.78 is 5.98. The fourth-order valence-corrected chi connectivity index (χ4v) is 6.40. The fourth-order valence-electron chi connectivity index (χ4n) is 6.40. The Labute approximate surface area is 210 Å². The molecule has 1 aliphatic carbocycles. The van der Waals surface area contributed by atoms with Gasteiger partial charge in [-0.1, -0.05) is 48.5 Å². The number of benzene rings is 2. The Kier molecular flexibility index (Phi) is 5.77. The van der Waals surface area contributed by atoms with Crippen molar-refractivity contribution >= 4 is 11.9 Å². The number of nitriles is 1. The molecule has 6 nitrogen and oxygen atoms in total. The summed E-state index contributed by atoms with van der Waals surface area (Å²) in [6.07, 6.45) is 5.33. The molecule has 2 saturated heterocycles. The second kappa shape index (κ2) is 9.23. The normalized spacial score (nSPS) is 22.3. The number of piperidine rings is 2. The third-order valence-corrected chi connectivity index (χ3v) is 8.05. The van der Waals surface area contributed by atoms with Crippen molar-refractivity contribution in [2.45, 2.75) is 50.1 Å². The molecule has 2 unspecified atom stereocenters. The largest absolute Gasteiger partial charge is 0.448 e. The predicted molar refractivity (Wildman–Crippen MR) is 134 cm³/mol. The lowest BCUT2D eigenvalue weighted by atomic mass is 9.76. The molecule has 2 bridgehead atoms. The number of hydrogen-bond donors (Lipinski definition) is 0. The number of fused-ring (bicyclic) bond motifs is 5. The van der Waals surface area contributed by atoms with E-state index in [0.29, 0.717) is 30.7 Å². The van der Waals surface area contributed by atoms with Gasteiger partial charge in [-0.05, 0) is 66.5 Å². The number of nitrogens with zero attached hydrogens (tertiary/aromatic N) is 3. The number of ether oxygens (including phenoxy) is 1. The van der Waals surface area contributed by atoms with Crippen LogP contribution in [0.25, 0.3) is 11.1 Å². The second-order valence-electron chi connectivity index (χ2n) is 10.0. The van der Waals surface area contributed by atoms with Gasteiger partial charge in [0.15, 0.2) is 5.78 Å². The van der Waals surface area contributed by atoms with Gasteiger partial charge in [0.1, 0.15) is 18.4 Å². The molecular formula is C30H27N3O3. The zero-order valence-corrected chi connectivity index (χ0v) is 20.0. The van der Waals surface area contributed by atoms with Gasteiger partial charge in [-0.3, -0.25) is 4.79 Å². The maximum Gasteiger partial charge on any atom is 0.410 e. The van der Waals surface area contributed by atoms with E-state index in [4.69, 9.17) is 10.00 Å². The third-order valence-electron chi connectivity index (χ3n) is 8.05. The molecule has 0 spiro atoms. The summed E-state index contributed by atoms with van der Waals surface area (Å²) in [5.41, 5.74) is 5.66. The van der Waals surface area contributed by atoms with Crippen LogP contribution in [0, 0.1) is 17.2 Å². The molecule has 2 atom stereocenters. The number of pyridine rings is 1. The van der Waals surface area contributed by atoms with Crippen molar-refractivity contribution in [2.24, 2.45) is 5.92 Å². The van der Waals surface area contributed by atoms with Crippen LogP contribution in [0.5, 0.6) is 0 Å². The average molecular weight is 478 g/mol. The molecule has 1 aromatic heterocycles. The molecule has 1 amide bonds. The van der Waals surface area contributed by atoms with Crippen molar-refractivity contribution in [3.05, 3.63) is 89.2 Å². The number of carbonyl (C=O) groups excluding carboxylic acids is 2. The topological polar surface area (TPSA) is 83.3 Å². The lowest BCUT2D eigenvalue weighted by Gasteiger charge is -2.47. The highest BCUT2D eigenvalue weighted by molar-refractivity contribution is 5.97. The van der Waals surface area contributed by atoms with Crippen LogP contribution >= 0.6 is 0 Å². The quantitative estimate of drug-likeness (QED) is 0.449. The van der Waals surface area contributed by atoms with E-state index in [1.807, 2.05) is 35.2 Å². The zero-order valence-electron chi connectivity index (χ0n) is 20.0. The molecule has 0 N–H and O–H groups in total. The first kappa shape index (κ1) is 22.5. The molecule has 3 aliphatic rings. The van der Waals surface area contributed by atoms with Crippen molar-refractivity contribution in [1.29, 1.82) is 5.26 Å². The minimum atomic E-state index is -0.266. The van der Waals surface area contributed by atoms with Crippen molar-refractivity contribution < 1.29 is 14.3 Å². The van der Waals surface area contributed by atoms with E-state index in [9.17, 15) is 9.59 Å². The summed E-state index contributed by atoms with van der Waals surface area (Å²) in [7, 11) is 0. The zero-order chi connectivity index (χ0) is 24.6. The van der Waals surface area contributed by atoms with E-state index >= 15 is 0 Å². The molecule has 6 rings (SSSR count). The van der Waals surface area contributed by atoms with Gasteiger partial charge >= 0.3 is 6.09 Å². The van der Waals surface area contributed by atoms with Crippen LogP contribution in [0.4, 0.5) is 4.79 Å². The van der Waals surface area contributed by atoms with Crippen LogP contribution in [-0.4, -0.2) is 40.5 Å². The van der Waals surface area contributed by atoms with E-state index in [2.05, 4.69) is 29.2 Å².